The topological polar surface area (TPSA) is 80.9 Å². The zero-order valence-corrected chi connectivity index (χ0v) is 15.4. The predicted octanol–water partition coefficient (Wildman–Crippen LogP) is 2.93. The standard InChI is InChI=1S/C21H20N6O/c28-20(16-11-23-17-4-2-1-3-14(16)17)27-10-9-26(12-21(27)6-7-21)19-15-5-8-22-18(15)24-13-25-19/h1-5,8,11,13,23H,6-7,9-10,12H2,(H,22,24,25). The van der Waals surface area contributed by atoms with Gasteiger partial charge in [0, 0.05) is 42.9 Å². The average molecular weight is 372 g/mol. The maximum atomic E-state index is 13.4. The van der Waals surface area contributed by atoms with Crippen molar-refractivity contribution in [2.45, 2.75) is 18.4 Å². The fourth-order valence-corrected chi connectivity index (χ4v) is 4.55. The summed E-state index contributed by atoms with van der Waals surface area (Å²) in [6.07, 6.45) is 7.44. The fourth-order valence-electron chi connectivity index (χ4n) is 4.55. The molecule has 6 rings (SSSR count). The van der Waals surface area contributed by atoms with Gasteiger partial charge in [-0.3, -0.25) is 4.79 Å². The van der Waals surface area contributed by atoms with Crippen molar-refractivity contribution in [3.63, 3.8) is 0 Å². The molecule has 0 radical (unpaired) electrons. The third-order valence-electron chi connectivity index (χ3n) is 6.18. The lowest BCUT2D eigenvalue weighted by Crippen LogP contribution is -2.57. The second kappa shape index (κ2) is 5.58. The molecule has 1 saturated carbocycles. The van der Waals surface area contributed by atoms with Crippen LogP contribution in [0.3, 0.4) is 0 Å². The molecule has 2 fully saturated rings. The summed E-state index contributed by atoms with van der Waals surface area (Å²) in [5.74, 6) is 1.08. The first-order valence-corrected chi connectivity index (χ1v) is 9.66. The number of benzene rings is 1. The van der Waals surface area contributed by atoms with Crippen molar-refractivity contribution in [1.29, 1.82) is 0 Å². The number of hydrogen-bond acceptors (Lipinski definition) is 4. The van der Waals surface area contributed by atoms with E-state index >= 15 is 0 Å². The van der Waals surface area contributed by atoms with Crippen LogP contribution in [0.15, 0.2) is 49.1 Å². The van der Waals surface area contributed by atoms with Gasteiger partial charge >= 0.3 is 0 Å². The van der Waals surface area contributed by atoms with Crippen LogP contribution in [0.2, 0.25) is 0 Å². The number of para-hydroxylation sites is 1. The number of H-pyrrole nitrogens is 2. The highest BCUT2D eigenvalue weighted by Gasteiger charge is 2.53. The first kappa shape index (κ1) is 15.7. The first-order valence-electron chi connectivity index (χ1n) is 9.66. The van der Waals surface area contributed by atoms with Crippen LogP contribution in [0.25, 0.3) is 21.9 Å². The van der Waals surface area contributed by atoms with Crippen LogP contribution in [0, 0.1) is 0 Å². The number of amides is 1. The number of nitrogens with zero attached hydrogens (tertiary/aromatic N) is 4. The molecule has 0 bridgehead atoms. The number of fused-ring (bicyclic) bond motifs is 2. The molecule has 1 aromatic carbocycles. The lowest BCUT2D eigenvalue weighted by molar-refractivity contribution is 0.0626. The Kier molecular flexibility index (Phi) is 3.12. The molecule has 1 saturated heterocycles. The Bertz CT molecular complexity index is 1200. The van der Waals surface area contributed by atoms with Gasteiger partial charge in [-0.15, -0.1) is 0 Å². The van der Waals surface area contributed by atoms with Crippen molar-refractivity contribution in [1.82, 2.24) is 24.8 Å². The minimum Gasteiger partial charge on any atom is -0.360 e. The van der Waals surface area contributed by atoms with Crippen molar-refractivity contribution >= 4 is 33.7 Å². The zero-order valence-electron chi connectivity index (χ0n) is 15.4. The number of rotatable bonds is 2. The van der Waals surface area contributed by atoms with Crippen LogP contribution >= 0.6 is 0 Å². The molecule has 4 aromatic rings. The highest BCUT2D eigenvalue weighted by molar-refractivity contribution is 6.07. The van der Waals surface area contributed by atoms with Gasteiger partial charge in [0.25, 0.3) is 5.91 Å². The minimum absolute atomic E-state index is 0.0821. The Morgan fingerprint density at radius 1 is 1.04 bits per heavy atom. The van der Waals surface area contributed by atoms with Crippen molar-refractivity contribution in [2.24, 2.45) is 0 Å². The highest BCUT2D eigenvalue weighted by Crippen LogP contribution is 2.46. The number of aromatic nitrogens is 4. The van der Waals surface area contributed by atoms with E-state index in [2.05, 4.69) is 29.7 Å². The fraction of sp³-hybridized carbons (Fsp3) is 0.286. The Balaban J connectivity index is 1.32. The van der Waals surface area contributed by atoms with Crippen LogP contribution in [0.1, 0.15) is 23.2 Å². The van der Waals surface area contributed by atoms with Crippen LogP contribution in [-0.2, 0) is 0 Å². The molecular formula is C21H20N6O. The van der Waals surface area contributed by atoms with Gasteiger partial charge in [-0.25, -0.2) is 9.97 Å². The van der Waals surface area contributed by atoms with E-state index in [4.69, 9.17) is 0 Å². The zero-order chi connectivity index (χ0) is 18.7. The van der Waals surface area contributed by atoms with Gasteiger partial charge in [0.2, 0.25) is 0 Å². The number of anilines is 1. The lowest BCUT2D eigenvalue weighted by Gasteiger charge is -2.42. The van der Waals surface area contributed by atoms with Crippen molar-refractivity contribution in [3.05, 3.63) is 54.6 Å². The van der Waals surface area contributed by atoms with Crippen molar-refractivity contribution < 1.29 is 4.79 Å². The van der Waals surface area contributed by atoms with Gasteiger partial charge in [0.15, 0.2) is 0 Å². The number of hydrogen-bond donors (Lipinski definition) is 2. The highest BCUT2D eigenvalue weighted by atomic mass is 16.2. The molecule has 0 atom stereocenters. The molecular weight excluding hydrogens is 352 g/mol. The van der Waals surface area contributed by atoms with Crippen LogP contribution < -0.4 is 4.90 Å². The van der Waals surface area contributed by atoms with Gasteiger partial charge < -0.3 is 19.8 Å². The summed E-state index contributed by atoms with van der Waals surface area (Å²) in [7, 11) is 0. The second-order valence-electron chi connectivity index (χ2n) is 7.79. The summed E-state index contributed by atoms with van der Waals surface area (Å²) in [5.41, 5.74) is 2.55. The van der Waals surface area contributed by atoms with Gasteiger partial charge in [0.1, 0.15) is 17.8 Å². The monoisotopic (exact) mass is 372 g/mol. The number of aromatic amines is 2. The average Bonchev–Trinajstić information content (AvgIpc) is 3.16. The van der Waals surface area contributed by atoms with Crippen LogP contribution in [-0.4, -0.2) is 55.9 Å². The molecule has 1 amide bonds. The second-order valence-corrected chi connectivity index (χ2v) is 7.79. The summed E-state index contributed by atoms with van der Waals surface area (Å²) < 4.78 is 0. The maximum Gasteiger partial charge on any atom is 0.256 e. The summed E-state index contributed by atoms with van der Waals surface area (Å²) in [6.45, 7) is 2.29. The van der Waals surface area contributed by atoms with E-state index < -0.39 is 0 Å². The Morgan fingerprint density at radius 3 is 2.82 bits per heavy atom. The molecule has 1 aliphatic heterocycles. The van der Waals surface area contributed by atoms with Crippen molar-refractivity contribution in [2.75, 3.05) is 24.5 Å². The Hall–Kier alpha value is -3.35. The number of nitrogens with one attached hydrogen (secondary N) is 2. The van der Waals surface area contributed by atoms with E-state index in [0.717, 1.165) is 59.2 Å². The molecule has 0 unspecified atom stereocenters. The van der Waals surface area contributed by atoms with E-state index in [-0.39, 0.29) is 11.4 Å². The van der Waals surface area contributed by atoms with Crippen LogP contribution in [0.5, 0.6) is 0 Å². The predicted molar refractivity (Wildman–Crippen MR) is 107 cm³/mol. The van der Waals surface area contributed by atoms with Crippen LogP contribution in [0.4, 0.5) is 5.82 Å². The number of carbonyl (C=O) groups excluding carboxylic acids is 1. The quantitative estimate of drug-likeness (QED) is 0.567. The molecule has 1 aliphatic carbocycles. The largest absolute Gasteiger partial charge is 0.360 e. The third-order valence-corrected chi connectivity index (χ3v) is 6.18. The lowest BCUT2D eigenvalue weighted by atomic mass is 10.1. The first-order chi connectivity index (χ1) is 13.8. The van der Waals surface area contributed by atoms with Gasteiger partial charge in [-0.2, -0.15) is 0 Å². The summed E-state index contributed by atoms with van der Waals surface area (Å²) >= 11 is 0. The summed E-state index contributed by atoms with van der Waals surface area (Å²) in [4.78, 5) is 33.0. The Labute approximate surface area is 161 Å². The molecule has 2 aliphatic rings. The minimum atomic E-state index is -0.0821. The van der Waals surface area contributed by atoms with Gasteiger partial charge in [-0.05, 0) is 25.0 Å². The van der Waals surface area contributed by atoms with E-state index in [1.54, 1.807) is 6.33 Å². The van der Waals surface area contributed by atoms with Crippen molar-refractivity contribution in [3.8, 4) is 0 Å². The molecule has 7 heteroatoms. The molecule has 140 valence electrons. The van der Waals surface area contributed by atoms with Gasteiger partial charge in [-0.1, -0.05) is 18.2 Å². The van der Waals surface area contributed by atoms with E-state index in [1.807, 2.05) is 42.7 Å². The van der Waals surface area contributed by atoms with E-state index in [1.165, 1.54) is 0 Å². The van der Waals surface area contributed by atoms with E-state index in [9.17, 15) is 4.79 Å². The number of carbonyl (C=O) groups is 1. The summed E-state index contributed by atoms with van der Waals surface area (Å²) in [5, 5.41) is 2.03. The molecule has 7 nitrogen and oxygen atoms in total. The van der Waals surface area contributed by atoms with Gasteiger partial charge in [0.05, 0.1) is 16.5 Å². The maximum absolute atomic E-state index is 13.4. The smallest absolute Gasteiger partial charge is 0.256 e. The Morgan fingerprint density at radius 2 is 1.93 bits per heavy atom. The molecule has 3 aromatic heterocycles. The third kappa shape index (κ3) is 2.19. The SMILES string of the molecule is O=C(c1c[nH]c2ccccc12)N1CCN(c2ncnc3[nH]ccc23)CC12CC2. The molecule has 28 heavy (non-hydrogen) atoms. The normalized spacial score (nSPS) is 18.3. The molecule has 2 N–H and O–H groups in total. The molecule has 4 heterocycles. The van der Waals surface area contributed by atoms with E-state index in [0.29, 0.717) is 6.54 Å². The molecule has 1 spiro atoms. The number of piperazine rings is 1. The summed E-state index contributed by atoms with van der Waals surface area (Å²) in [6, 6.07) is 10.0.